The fraction of sp³-hybridized carbons (Fsp3) is 0.111. The Morgan fingerprint density at radius 2 is 2.00 bits per heavy atom. The summed E-state index contributed by atoms with van der Waals surface area (Å²) >= 11 is 0. The van der Waals surface area contributed by atoms with Gasteiger partial charge in [0, 0.05) is 0 Å². The molecular formula is C9H9NO2. The number of rotatable bonds is 3. The summed E-state index contributed by atoms with van der Waals surface area (Å²) in [6, 6.07) is 9.25. The lowest BCUT2D eigenvalue weighted by Crippen LogP contribution is -2.22. The molecule has 1 aromatic carbocycles. The molecule has 0 saturated heterocycles. The van der Waals surface area contributed by atoms with Gasteiger partial charge in [-0.2, -0.15) is 0 Å². The second-order valence-electron chi connectivity index (χ2n) is 2.35. The van der Waals surface area contributed by atoms with Gasteiger partial charge in [-0.3, -0.25) is 14.9 Å². The number of carbonyl (C=O) groups excluding carboxylic acids is 2. The van der Waals surface area contributed by atoms with Crippen molar-refractivity contribution >= 4 is 12.3 Å². The molecule has 0 aliphatic carbocycles. The van der Waals surface area contributed by atoms with Gasteiger partial charge in [-0.25, -0.2) is 0 Å². The lowest BCUT2D eigenvalue weighted by molar-refractivity contribution is -0.124. The van der Waals surface area contributed by atoms with Gasteiger partial charge in [0.15, 0.2) is 0 Å². The normalized spacial score (nSPS) is 9.00. The van der Waals surface area contributed by atoms with E-state index in [0.29, 0.717) is 6.41 Å². The summed E-state index contributed by atoms with van der Waals surface area (Å²) in [5.74, 6) is -0.281. The summed E-state index contributed by atoms with van der Waals surface area (Å²) in [5.41, 5.74) is 0.900. The van der Waals surface area contributed by atoms with E-state index >= 15 is 0 Å². The van der Waals surface area contributed by atoms with E-state index in [2.05, 4.69) is 5.32 Å². The van der Waals surface area contributed by atoms with E-state index < -0.39 is 0 Å². The minimum atomic E-state index is -0.281. The SMILES string of the molecule is O=CNC(=O)Cc1ccccc1. The van der Waals surface area contributed by atoms with Crippen LogP contribution in [-0.2, 0) is 16.0 Å². The highest BCUT2D eigenvalue weighted by Crippen LogP contribution is 1.98. The molecule has 0 saturated carbocycles. The molecule has 0 heterocycles. The Kier molecular flexibility index (Phi) is 3.02. The highest BCUT2D eigenvalue weighted by Gasteiger charge is 1.99. The zero-order chi connectivity index (χ0) is 8.81. The van der Waals surface area contributed by atoms with E-state index in [1.54, 1.807) is 0 Å². The topological polar surface area (TPSA) is 46.2 Å². The summed E-state index contributed by atoms with van der Waals surface area (Å²) in [7, 11) is 0. The molecule has 2 amide bonds. The number of amides is 2. The predicted molar refractivity (Wildman–Crippen MR) is 44.4 cm³/mol. The third kappa shape index (κ3) is 2.54. The minimum absolute atomic E-state index is 0.250. The standard InChI is InChI=1S/C9H9NO2/c11-7-10-9(12)6-8-4-2-1-3-5-8/h1-5,7H,6H2,(H,10,11,12). The lowest BCUT2D eigenvalue weighted by Gasteiger charge is -1.97. The highest BCUT2D eigenvalue weighted by atomic mass is 16.2. The van der Waals surface area contributed by atoms with Crippen LogP contribution in [0.25, 0.3) is 0 Å². The van der Waals surface area contributed by atoms with Crippen LogP contribution in [0.15, 0.2) is 30.3 Å². The van der Waals surface area contributed by atoms with Crippen LogP contribution < -0.4 is 5.32 Å². The third-order valence-electron chi connectivity index (χ3n) is 1.43. The molecule has 0 bridgehead atoms. The van der Waals surface area contributed by atoms with Gasteiger partial charge in [0.2, 0.25) is 12.3 Å². The van der Waals surface area contributed by atoms with Gasteiger partial charge in [0.05, 0.1) is 6.42 Å². The maximum atomic E-state index is 10.9. The van der Waals surface area contributed by atoms with Crippen molar-refractivity contribution in [3.8, 4) is 0 Å². The second kappa shape index (κ2) is 4.28. The Hall–Kier alpha value is -1.64. The summed E-state index contributed by atoms with van der Waals surface area (Å²) < 4.78 is 0. The van der Waals surface area contributed by atoms with Crippen LogP contribution in [-0.4, -0.2) is 12.3 Å². The molecule has 0 radical (unpaired) electrons. The van der Waals surface area contributed by atoms with Crippen molar-refractivity contribution in [3.05, 3.63) is 35.9 Å². The van der Waals surface area contributed by atoms with Crippen molar-refractivity contribution in [2.75, 3.05) is 0 Å². The number of nitrogens with one attached hydrogen (secondary N) is 1. The molecule has 0 atom stereocenters. The molecule has 0 aromatic heterocycles. The van der Waals surface area contributed by atoms with Gasteiger partial charge in [-0.15, -0.1) is 0 Å². The van der Waals surface area contributed by atoms with Gasteiger partial charge in [-0.05, 0) is 5.56 Å². The maximum absolute atomic E-state index is 10.9. The molecule has 12 heavy (non-hydrogen) atoms. The van der Waals surface area contributed by atoms with Crippen molar-refractivity contribution in [2.24, 2.45) is 0 Å². The van der Waals surface area contributed by atoms with Crippen molar-refractivity contribution in [1.82, 2.24) is 5.32 Å². The van der Waals surface area contributed by atoms with Gasteiger partial charge < -0.3 is 0 Å². The van der Waals surface area contributed by atoms with Crippen LogP contribution in [0.5, 0.6) is 0 Å². The number of benzene rings is 1. The number of hydrogen-bond donors (Lipinski definition) is 1. The zero-order valence-electron chi connectivity index (χ0n) is 6.49. The quantitative estimate of drug-likeness (QED) is 0.659. The minimum Gasteiger partial charge on any atom is -0.299 e. The van der Waals surface area contributed by atoms with Crippen LogP contribution in [0.3, 0.4) is 0 Å². The van der Waals surface area contributed by atoms with E-state index in [-0.39, 0.29) is 12.3 Å². The first-order valence-electron chi connectivity index (χ1n) is 3.60. The molecule has 3 heteroatoms. The number of hydrogen-bond acceptors (Lipinski definition) is 2. The predicted octanol–water partition coefficient (Wildman–Crippen LogP) is 0.502. The van der Waals surface area contributed by atoms with Crippen LogP contribution >= 0.6 is 0 Å². The molecule has 0 aliphatic rings. The summed E-state index contributed by atoms with van der Waals surface area (Å²) in [4.78, 5) is 20.7. The fourth-order valence-electron chi connectivity index (χ4n) is 0.898. The Bertz CT molecular complexity index is 269. The molecule has 62 valence electrons. The smallest absolute Gasteiger partial charge is 0.230 e. The maximum Gasteiger partial charge on any atom is 0.230 e. The van der Waals surface area contributed by atoms with Crippen LogP contribution in [0.4, 0.5) is 0 Å². The largest absolute Gasteiger partial charge is 0.299 e. The Morgan fingerprint density at radius 3 is 2.58 bits per heavy atom. The lowest BCUT2D eigenvalue weighted by atomic mass is 10.1. The third-order valence-corrected chi connectivity index (χ3v) is 1.43. The first kappa shape index (κ1) is 8.46. The second-order valence-corrected chi connectivity index (χ2v) is 2.35. The van der Waals surface area contributed by atoms with E-state index in [1.807, 2.05) is 30.3 Å². The van der Waals surface area contributed by atoms with Crippen LogP contribution in [0, 0.1) is 0 Å². The molecular weight excluding hydrogens is 154 g/mol. The highest BCUT2D eigenvalue weighted by molar-refractivity contribution is 5.87. The molecule has 1 aromatic rings. The molecule has 0 spiro atoms. The van der Waals surface area contributed by atoms with E-state index in [1.165, 1.54) is 0 Å². The first-order valence-corrected chi connectivity index (χ1v) is 3.60. The van der Waals surface area contributed by atoms with E-state index in [9.17, 15) is 9.59 Å². The molecule has 1 rings (SSSR count). The molecule has 0 fully saturated rings. The Labute approximate surface area is 70.4 Å². The van der Waals surface area contributed by atoms with Gasteiger partial charge in [0.1, 0.15) is 0 Å². The average Bonchev–Trinajstić information content (AvgIpc) is 2.06. The van der Waals surface area contributed by atoms with Crippen LogP contribution in [0.2, 0.25) is 0 Å². The summed E-state index contributed by atoms with van der Waals surface area (Å²) in [5, 5.41) is 2.07. The van der Waals surface area contributed by atoms with Crippen molar-refractivity contribution < 1.29 is 9.59 Å². The first-order chi connectivity index (χ1) is 5.83. The molecule has 1 N–H and O–H groups in total. The van der Waals surface area contributed by atoms with Crippen molar-refractivity contribution in [2.45, 2.75) is 6.42 Å². The molecule has 3 nitrogen and oxygen atoms in total. The van der Waals surface area contributed by atoms with Crippen LogP contribution in [0.1, 0.15) is 5.56 Å². The van der Waals surface area contributed by atoms with Gasteiger partial charge in [-0.1, -0.05) is 30.3 Å². The van der Waals surface area contributed by atoms with Gasteiger partial charge in [0.25, 0.3) is 0 Å². The van der Waals surface area contributed by atoms with E-state index in [4.69, 9.17) is 0 Å². The Morgan fingerprint density at radius 1 is 1.33 bits per heavy atom. The Balaban J connectivity index is 2.52. The average molecular weight is 163 g/mol. The zero-order valence-corrected chi connectivity index (χ0v) is 6.49. The molecule has 0 unspecified atom stereocenters. The fourth-order valence-corrected chi connectivity index (χ4v) is 0.898. The van der Waals surface area contributed by atoms with Crippen molar-refractivity contribution in [3.63, 3.8) is 0 Å². The molecule has 0 aliphatic heterocycles. The van der Waals surface area contributed by atoms with E-state index in [0.717, 1.165) is 5.56 Å². The summed E-state index contributed by atoms with van der Waals surface area (Å²) in [6.07, 6.45) is 0.644. The summed E-state index contributed by atoms with van der Waals surface area (Å²) in [6.45, 7) is 0. The number of carbonyl (C=O) groups is 2. The van der Waals surface area contributed by atoms with Crippen molar-refractivity contribution in [1.29, 1.82) is 0 Å². The number of imide groups is 1. The monoisotopic (exact) mass is 163 g/mol. The van der Waals surface area contributed by atoms with Gasteiger partial charge >= 0.3 is 0 Å².